The molecule has 2 aromatic heterocycles. The van der Waals surface area contributed by atoms with Crippen LogP contribution in [0.25, 0.3) is 10.2 Å². The average Bonchev–Trinajstić information content (AvgIpc) is 2.86. The molecule has 0 saturated heterocycles. The number of anilines is 1. The molecule has 2 heterocycles. The monoisotopic (exact) mass is 265 g/mol. The van der Waals surface area contributed by atoms with Gasteiger partial charge in [-0.2, -0.15) is 0 Å². The highest BCUT2D eigenvalue weighted by Crippen LogP contribution is 2.26. The molecular formula is C13H19N3OS. The third-order valence-corrected chi connectivity index (χ3v) is 3.81. The predicted octanol–water partition coefficient (Wildman–Crippen LogP) is 2.83. The van der Waals surface area contributed by atoms with Crippen molar-refractivity contribution in [2.75, 3.05) is 11.9 Å². The van der Waals surface area contributed by atoms with Gasteiger partial charge in [0.1, 0.15) is 16.5 Å². The van der Waals surface area contributed by atoms with Gasteiger partial charge in [0.2, 0.25) is 0 Å². The Kier molecular flexibility index (Phi) is 4.49. The molecule has 0 aliphatic rings. The summed E-state index contributed by atoms with van der Waals surface area (Å²) in [5.74, 6) is 1.77. The van der Waals surface area contributed by atoms with Gasteiger partial charge in [0, 0.05) is 19.1 Å². The summed E-state index contributed by atoms with van der Waals surface area (Å²) in [5.41, 5.74) is 0. The highest BCUT2D eigenvalue weighted by molar-refractivity contribution is 7.16. The quantitative estimate of drug-likeness (QED) is 0.843. The van der Waals surface area contributed by atoms with Crippen molar-refractivity contribution in [2.24, 2.45) is 0 Å². The summed E-state index contributed by atoms with van der Waals surface area (Å²) in [6.07, 6.45) is 2.55. The van der Waals surface area contributed by atoms with Crippen LogP contribution in [0.4, 0.5) is 5.82 Å². The van der Waals surface area contributed by atoms with Crippen LogP contribution in [-0.2, 0) is 6.42 Å². The first-order chi connectivity index (χ1) is 8.78. The number of aromatic nitrogens is 2. The Labute approximate surface area is 111 Å². The molecule has 0 aliphatic carbocycles. The minimum atomic E-state index is 0.198. The number of thiophene rings is 1. The summed E-state index contributed by atoms with van der Waals surface area (Å²) in [6.45, 7) is 4.37. The summed E-state index contributed by atoms with van der Waals surface area (Å²) < 4.78 is 0. The van der Waals surface area contributed by atoms with E-state index in [1.165, 1.54) is 0 Å². The lowest BCUT2D eigenvalue weighted by atomic mass is 10.1. The lowest BCUT2D eigenvalue weighted by Crippen LogP contribution is -2.21. The van der Waals surface area contributed by atoms with Crippen LogP contribution in [-0.4, -0.2) is 27.7 Å². The highest BCUT2D eigenvalue weighted by Gasteiger charge is 2.12. The van der Waals surface area contributed by atoms with Gasteiger partial charge < -0.3 is 10.4 Å². The standard InChI is InChI=1S/C13H19N3OS/c1-3-9(5-7-17)14-12-10-6-8-18-13(10)16-11(4-2)15-12/h6,8-9,17H,3-5,7H2,1-2H3,(H,14,15,16). The lowest BCUT2D eigenvalue weighted by Gasteiger charge is -2.17. The third-order valence-electron chi connectivity index (χ3n) is 3.00. The Morgan fingerprint density at radius 2 is 2.22 bits per heavy atom. The maximum absolute atomic E-state index is 9.05. The number of hydrogen-bond donors (Lipinski definition) is 2. The van der Waals surface area contributed by atoms with E-state index in [0.717, 1.165) is 41.1 Å². The van der Waals surface area contributed by atoms with E-state index in [4.69, 9.17) is 5.11 Å². The van der Waals surface area contributed by atoms with Crippen LogP contribution in [0.1, 0.15) is 32.5 Å². The zero-order chi connectivity index (χ0) is 13.0. The van der Waals surface area contributed by atoms with Crippen LogP contribution in [0, 0.1) is 0 Å². The topological polar surface area (TPSA) is 58.0 Å². The van der Waals surface area contributed by atoms with Gasteiger partial charge in [0.05, 0.1) is 5.39 Å². The van der Waals surface area contributed by atoms with Crippen LogP contribution in [0.5, 0.6) is 0 Å². The van der Waals surface area contributed by atoms with E-state index < -0.39 is 0 Å². The molecule has 2 rings (SSSR count). The normalized spacial score (nSPS) is 12.8. The van der Waals surface area contributed by atoms with Crippen molar-refractivity contribution in [3.8, 4) is 0 Å². The fourth-order valence-corrected chi connectivity index (χ4v) is 2.68. The first kappa shape index (κ1) is 13.2. The van der Waals surface area contributed by atoms with Gasteiger partial charge in [0.25, 0.3) is 0 Å². The molecular weight excluding hydrogens is 246 g/mol. The van der Waals surface area contributed by atoms with Gasteiger partial charge in [0.15, 0.2) is 0 Å². The van der Waals surface area contributed by atoms with Gasteiger partial charge >= 0.3 is 0 Å². The van der Waals surface area contributed by atoms with E-state index >= 15 is 0 Å². The summed E-state index contributed by atoms with van der Waals surface area (Å²) >= 11 is 1.64. The Morgan fingerprint density at radius 1 is 1.39 bits per heavy atom. The van der Waals surface area contributed by atoms with Crippen molar-refractivity contribution in [2.45, 2.75) is 39.2 Å². The number of aliphatic hydroxyl groups is 1. The SMILES string of the molecule is CCc1nc(NC(CC)CCO)c2ccsc2n1. The molecule has 0 aliphatic heterocycles. The molecule has 0 aromatic carbocycles. The molecule has 0 bridgehead atoms. The van der Waals surface area contributed by atoms with E-state index in [-0.39, 0.29) is 12.6 Å². The maximum atomic E-state index is 9.05. The van der Waals surface area contributed by atoms with E-state index in [1.54, 1.807) is 11.3 Å². The molecule has 1 unspecified atom stereocenters. The lowest BCUT2D eigenvalue weighted by molar-refractivity contribution is 0.278. The van der Waals surface area contributed by atoms with Crippen molar-refractivity contribution < 1.29 is 5.11 Å². The Bertz CT molecular complexity index is 512. The van der Waals surface area contributed by atoms with E-state index in [9.17, 15) is 0 Å². The fourth-order valence-electron chi connectivity index (χ4n) is 1.90. The number of rotatable bonds is 6. The van der Waals surface area contributed by atoms with Gasteiger partial charge in [-0.15, -0.1) is 11.3 Å². The second-order valence-corrected chi connectivity index (χ2v) is 5.14. The van der Waals surface area contributed by atoms with Crippen molar-refractivity contribution in [3.05, 3.63) is 17.3 Å². The Morgan fingerprint density at radius 3 is 2.89 bits per heavy atom. The van der Waals surface area contributed by atoms with Crippen molar-refractivity contribution in [1.29, 1.82) is 0 Å². The molecule has 0 spiro atoms. The largest absolute Gasteiger partial charge is 0.396 e. The Hall–Kier alpha value is -1.20. The Balaban J connectivity index is 2.32. The molecule has 0 saturated carbocycles. The highest BCUT2D eigenvalue weighted by atomic mass is 32.1. The van der Waals surface area contributed by atoms with Crippen molar-refractivity contribution in [3.63, 3.8) is 0 Å². The van der Waals surface area contributed by atoms with E-state index in [2.05, 4.69) is 29.1 Å². The molecule has 2 N–H and O–H groups in total. The molecule has 1 atom stereocenters. The molecule has 0 amide bonds. The number of nitrogens with zero attached hydrogens (tertiary/aromatic N) is 2. The fraction of sp³-hybridized carbons (Fsp3) is 0.538. The van der Waals surface area contributed by atoms with Gasteiger partial charge in [-0.05, 0) is 24.3 Å². The number of fused-ring (bicyclic) bond motifs is 1. The molecule has 4 nitrogen and oxygen atoms in total. The molecule has 0 radical (unpaired) electrons. The number of aliphatic hydroxyl groups excluding tert-OH is 1. The molecule has 0 fully saturated rings. The molecule has 2 aromatic rings. The molecule has 18 heavy (non-hydrogen) atoms. The van der Waals surface area contributed by atoms with E-state index in [1.807, 2.05) is 11.4 Å². The van der Waals surface area contributed by atoms with Crippen LogP contribution in [0.15, 0.2) is 11.4 Å². The summed E-state index contributed by atoms with van der Waals surface area (Å²) in [6, 6.07) is 2.31. The average molecular weight is 265 g/mol. The first-order valence-electron chi connectivity index (χ1n) is 6.40. The van der Waals surface area contributed by atoms with Gasteiger partial charge in [-0.1, -0.05) is 13.8 Å². The third kappa shape index (κ3) is 2.79. The van der Waals surface area contributed by atoms with Crippen LogP contribution < -0.4 is 5.32 Å². The second kappa shape index (κ2) is 6.11. The second-order valence-electron chi connectivity index (χ2n) is 4.24. The summed E-state index contributed by atoms with van der Waals surface area (Å²) in [7, 11) is 0. The zero-order valence-corrected chi connectivity index (χ0v) is 11.6. The van der Waals surface area contributed by atoms with E-state index in [0.29, 0.717) is 0 Å². The molecule has 98 valence electrons. The van der Waals surface area contributed by atoms with Crippen molar-refractivity contribution >= 4 is 27.4 Å². The minimum Gasteiger partial charge on any atom is -0.396 e. The zero-order valence-electron chi connectivity index (χ0n) is 10.8. The summed E-state index contributed by atoms with van der Waals surface area (Å²) in [5, 5.41) is 15.6. The number of hydrogen-bond acceptors (Lipinski definition) is 5. The molecule has 5 heteroatoms. The van der Waals surface area contributed by atoms with Gasteiger partial charge in [-0.25, -0.2) is 9.97 Å². The summed E-state index contributed by atoms with van der Waals surface area (Å²) in [4.78, 5) is 10.1. The minimum absolute atomic E-state index is 0.198. The number of aryl methyl sites for hydroxylation is 1. The first-order valence-corrected chi connectivity index (χ1v) is 7.28. The number of nitrogens with one attached hydrogen (secondary N) is 1. The smallest absolute Gasteiger partial charge is 0.138 e. The van der Waals surface area contributed by atoms with Gasteiger partial charge in [-0.3, -0.25) is 0 Å². The van der Waals surface area contributed by atoms with Crippen LogP contribution >= 0.6 is 11.3 Å². The maximum Gasteiger partial charge on any atom is 0.138 e. The predicted molar refractivity (Wildman–Crippen MR) is 76.2 cm³/mol. The van der Waals surface area contributed by atoms with Crippen LogP contribution in [0.2, 0.25) is 0 Å². The van der Waals surface area contributed by atoms with Crippen LogP contribution in [0.3, 0.4) is 0 Å². The van der Waals surface area contributed by atoms with Crippen molar-refractivity contribution in [1.82, 2.24) is 9.97 Å².